The molecule has 2 aromatic carbocycles. The Hall–Kier alpha value is -4.09. The smallest absolute Gasteiger partial charge is 0.351 e. The highest BCUT2D eigenvalue weighted by molar-refractivity contribution is 5.96. The number of anilines is 1. The molecule has 4 aromatic rings. The Morgan fingerprint density at radius 3 is 2.32 bits per heavy atom. The topological polar surface area (TPSA) is 80.0 Å². The summed E-state index contributed by atoms with van der Waals surface area (Å²) in [7, 11) is 0. The molecule has 174 valence electrons. The molecule has 1 saturated heterocycles. The maximum Gasteiger partial charge on any atom is 0.417 e. The van der Waals surface area contributed by atoms with Gasteiger partial charge in [-0.15, -0.1) is 5.10 Å². The molecular weight excluding hydrogens is 454 g/mol. The fourth-order valence-electron chi connectivity index (χ4n) is 3.93. The van der Waals surface area contributed by atoms with Crippen molar-refractivity contribution in [2.45, 2.75) is 6.18 Å². The van der Waals surface area contributed by atoms with Gasteiger partial charge in [0.25, 0.3) is 5.91 Å². The van der Waals surface area contributed by atoms with Crippen LogP contribution in [0.5, 0.6) is 0 Å². The number of benzene rings is 2. The number of nitrogens with zero attached hydrogens (tertiary/aromatic N) is 7. The maximum atomic E-state index is 13.3. The van der Waals surface area contributed by atoms with E-state index in [-0.39, 0.29) is 24.5 Å². The molecule has 0 bridgehead atoms. The molecule has 0 radical (unpaired) electrons. The molecule has 5 rings (SSSR count). The molecule has 0 N–H and O–H groups in total. The average Bonchev–Trinajstić information content (AvgIpc) is 3.28. The number of alkyl halides is 3. The molecule has 12 heteroatoms. The molecule has 34 heavy (non-hydrogen) atoms. The first-order chi connectivity index (χ1) is 16.3. The molecule has 8 nitrogen and oxygen atoms in total. The second kappa shape index (κ2) is 8.36. The average molecular weight is 471 g/mol. The molecule has 1 aliphatic heterocycles. The number of aromatic nitrogens is 5. The highest BCUT2D eigenvalue weighted by Crippen LogP contribution is 2.32. The largest absolute Gasteiger partial charge is 0.417 e. The lowest BCUT2D eigenvalue weighted by Crippen LogP contribution is -2.49. The van der Waals surface area contributed by atoms with Crippen LogP contribution in [-0.4, -0.2) is 61.9 Å². The zero-order chi connectivity index (χ0) is 23.9. The molecule has 1 aliphatic rings. The van der Waals surface area contributed by atoms with Crippen LogP contribution < -0.4 is 4.90 Å². The van der Waals surface area contributed by atoms with E-state index in [9.17, 15) is 22.4 Å². The highest BCUT2D eigenvalue weighted by Gasteiger charge is 2.36. The lowest BCUT2D eigenvalue weighted by molar-refractivity contribution is -0.138. The van der Waals surface area contributed by atoms with E-state index >= 15 is 0 Å². The number of carbonyl (C=O) groups is 1. The number of hydrogen-bond acceptors (Lipinski definition) is 6. The Labute approximate surface area is 190 Å². The predicted molar refractivity (Wildman–Crippen MR) is 114 cm³/mol. The first-order valence-corrected chi connectivity index (χ1v) is 10.4. The minimum Gasteiger partial charge on any atom is -0.351 e. The third-order valence-corrected chi connectivity index (χ3v) is 5.62. The van der Waals surface area contributed by atoms with Crippen LogP contribution in [0.3, 0.4) is 0 Å². The van der Waals surface area contributed by atoms with Crippen LogP contribution >= 0.6 is 0 Å². The minimum atomic E-state index is -4.61. The minimum absolute atomic E-state index is 0.211. The molecule has 1 amide bonds. The number of halogens is 4. The summed E-state index contributed by atoms with van der Waals surface area (Å²) < 4.78 is 54.7. The Bertz CT molecular complexity index is 1350. The lowest BCUT2D eigenvalue weighted by Gasteiger charge is -2.35. The van der Waals surface area contributed by atoms with Crippen LogP contribution in [0, 0.1) is 5.82 Å². The van der Waals surface area contributed by atoms with Crippen molar-refractivity contribution in [3.63, 3.8) is 0 Å². The van der Waals surface area contributed by atoms with Gasteiger partial charge in [0, 0.05) is 26.2 Å². The number of piperazine rings is 1. The predicted octanol–water partition coefficient (Wildman–Crippen LogP) is 3.33. The second-order valence-electron chi connectivity index (χ2n) is 7.67. The van der Waals surface area contributed by atoms with Crippen molar-refractivity contribution in [1.82, 2.24) is 29.9 Å². The summed E-state index contributed by atoms with van der Waals surface area (Å²) >= 11 is 0. The summed E-state index contributed by atoms with van der Waals surface area (Å²) in [4.78, 5) is 24.7. The van der Waals surface area contributed by atoms with Crippen LogP contribution in [0.1, 0.15) is 15.9 Å². The van der Waals surface area contributed by atoms with Gasteiger partial charge in [-0.25, -0.2) is 14.4 Å². The number of amides is 1. The molecule has 3 heterocycles. The maximum absolute atomic E-state index is 13.3. The van der Waals surface area contributed by atoms with E-state index < -0.39 is 17.6 Å². The lowest BCUT2D eigenvalue weighted by atomic mass is 10.1. The fraction of sp³-hybridized carbons (Fsp3) is 0.227. The fourth-order valence-corrected chi connectivity index (χ4v) is 3.93. The SMILES string of the molecule is O=C(c1ccccc1C(F)(F)F)N1CCN(c2ncnc3c2nnn3-c2ccc(F)cc2)CC1. The van der Waals surface area contributed by atoms with Gasteiger partial charge in [-0.05, 0) is 36.4 Å². The zero-order valence-electron chi connectivity index (χ0n) is 17.6. The summed E-state index contributed by atoms with van der Waals surface area (Å²) in [6.45, 7) is 1.11. The van der Waals surface area contributed by atoms with Gasteiger partial charge in [0.15, 0.2) is 17.0 Å². The van der Waals surface area contributed by atoms with Gasteiger partial charge in [0.2, 0.25) is 0 Å². The van der Waals surface area contributed by atoms with Crippen LogP contribution in [-0.2, 0) is 6.18 Å². The quantitative estimate of drug-likeness (QED) is 0.427. The summed E-state index contributed by atoms with van der Waals surface area (Å²) in [5.41, 5.74) is 0.114. The van der Waals surface area contributed by atoms with E-state index in [1.165, 1.54) is 46.2 Å². The number of fused-ring (bicyclic) bond motifs is 1. The second-order valence-corrected chi connectivity index (χ2v) is 7.67. The van der Waals surface area contributed by atoms with E-state index in [0.29, 0.717) is 35.8 Å². The molecule has 0 aliphatic carbocycles. The van der Waals surface area contributed by atoms with E-state index in [1.54, 1.807) is 12.1 Å². The van der Waals surface area contributed by atoms with Crippen molar-refractivity contribution in [2.24, 2.45) is 0 Å². The van der Waals surface area contributed by atoms with E-state index in [2.05, 4.69) is 20.3 Å². The molecular formula is C22H17F4N7O. The van der Waals surface area contributed by atoms with E-state index in [1.807, 2.05) is 4.90 Å². The standard InChI is InChI=1S/C22H17F4N7O/c23-14-5-7-15(8-6-14)33-20-18(29-30-33)19(27-13-28-20)31-9-11-32(12-10-31)21(34)16-3-1-2-4-17(16)22(24,25)26/h1-8,13H,9-12H2. The molecule has 0 saturated carbocycles. The van der Waals surface area contributed by atoms with E-state index in [0.717, 1.165) is 6.07 Å². The van der Waals surface area contributed by atoms with Gasteiger partial charge in [-0.3, -0.25) is 4.79 Å². The van der Waals surface area contributed by atoms with Crippen molar-refractivity contribution in [2.75, 3.05) is 31.1 Å². The van der Waals surface area contributed by atoms with Gasteiger partial charge >= 0.3 is 6.18 Å². The summed E-state index contributed by atoms with van der Waals surface area (Å²) in [6, 6.07) is 10.5. The highest BCUT2D eigenvalue weighted by atomic mass is 19.4. The number of hydrogen-bond donors (Lipinski definition) is 0. The van der Waals surface area contributed by atoms with Gasteiger partial charge in [-0.1, -0.05) is 17.3 Å². The van der Waals surface area contributed by atoms with Gasteiger partial charge in [0.05, 0.1) is 16.8 Å². The van der Waals surface area contributed by atoms with Crippen LogP contribution in [0.4, 0.5) is 23.4 Å². The summed E-state index contributed by atoms with van der Waals surface area (Å²) in [5.74, 6) is -0.544. The van der Waals surface area contributed by atoms with Crippen molar-refractivity contribution in [1.29, 1.82) is 0 Å². The third-order valence-electron chi connectivity index (χ3n) is 5.62. The van der Waals surface area contributed by atoms with Crippen molar-refractivity contribution in [3.8, 4) is 5.69 Å². The zero-order valence-corrected chi connectivity index (χ0v) is 17.6. The first-order valence-electron chi connectivity index (χ1n) is 10.4. The van der Waals surface area contributed by atoms with Gasteiger partial charge in [-0.2, -0.15) is 17.9 Å². The summed E-state index contributed by atoms with van der Waals surface area (Å²) in [6.07, 6.45) is -3.25. The number of rotatable bonds is 3. The Morgan fingerprint density at radius 2 is 1.62 bits per heavy atom. The normalized spacial score (nSPS) is 14.6. The molecule has 0 unspecified atom stereocenters. The Kier molecular flexibility index (Phi) is 5.34. The molecule has 0 atom stereocenters. The Morgan fingerprint density at radius 1 is 0.912 bits per heavy atom. The van der Waals surface area contributed by atoms with Crippen LogP contribution in [0.15, 0.2) is 54.9 Å². The Balaban J connectivity index is 1.36. The summed E-state index contributed by atoms with van der Waals surface area (Å²) in [5, 5.41) is 8.29. The van der Waals surface area contributed by atoms with Crippen molar-refractivity contribution < 1.29 is 22.4 Å². The van der Waals surface area contributed by atoms with Crippen molar-refractivity contribution >= 4 is 22.9 Å². The van der Waals surface area contributed by atoms with Crippen molar-refractivity contribution in [3.05, 3.63) is 71.8 Å². The molecule has 1 fully saturated rings. The monoisotopic (exact) mass is 471 g/mol. The van der Waals surface area contributed by atoms with Gasteiger partial charge < -0.3 is 9.80 Å². The number of carbonyl (C=O) groups excluding carboxylic acids is 1. The first kappa shape index (κ1) is 21.7. The third kappa shape index (κ3) is 3.91. The molecule has 0 spiro atoms. The molecule has 2 aromatic heterocycles. The van der Waals surface area contributed by atoms with Gasteiger partial charge in [0.1, 0.15) is 12.1 Å². The van der Waals surface area contributed by atoms with Crippen LogP contribution in [0.2, 0.25) is 0 Å². The van der Waals surface area contributed by atoms with Crippen LogP contribution in [0.25, 0.3) is 16.9 Å². The van der Waals surface area contributed by atoms with E-state index in [4.69, 9.17) is 0 Å².